The molecule has 1 aliphatic heterocycles. The highest BCUT2D eigenvalue weighted by atomic mass is 32.2. The van der Waals surface area contributed by atoms with Crippen LogP contribution >= 0.6 is 11.8 Å². The minimum Gasteiger partial charge on any atom is -0.390 e. The Kier molecular flexibility index (Phi) is 9.38. The van der Waals surface area contributed by atoms with Gasteiger partial charge >= 0.3 is 0 Å². The fourth-order valence-electron chi connectivity index (χ4n) is 4.61. The molecule has 0 saturated carbocycles. The van der Waals surface area contributed by atoms with Gasteiger partial charge in [-0.2, -0.15) is 0 Å². The van der Waals surface area contributed by atoms with Crippen molar-refractivity contribution in [1.29, 1.82) is 0 Å². The number of nitrogens with two attached hydrogens (primary N) is 1. The molecule has 0 aliphatic carbocycles. The molecule has 3 aromatic rings. The number of anilines is 1. The van der Waals surface area contributed by atoms with E-state index < -0.39 is 24.1 Å². The summed E-state index contributed by atoms with van der Waals surface area (Å²) in [5.41, 5.74) is 7.17. The highest BCUT2D eigenvalue weighted by Crippen LogP contribution is 2.35. The van der Waals surface area contributed by atoms with Gasteiger partial charge in [-0.15, -0.1) is 11.8 Å². The molecule has 5 N–H and O–H groups in total. The molecule has 0 radical (unpaired) electrons. The van der Waals surface area contributed by atoms with Crippen LogP contribution in [-0.4, -0.2) is 59.9 Å². The van der Waals surface area contributed by atoms with Crippen molar-refractivity contribution < 1.29 is 19.5 Å². The fraction of sp³-hybridized carbons (Fsp3) is 0.345. The van der Waals surface area contributed by atoms with E-state index in [0.29, 0.717) is 12.2 Å². The Labute approximate surface area is 227 Å². The summed E-state index contributed by atoms with van der Waals surface area (Å²) in [7, 11) is 0. The van der Waals surface area contributed by atoms with Crippen LogP contribution in [0.2, 0.25) is 0 Å². The molecular formula is C29H34N4O4S. The van der Waals surface area contributed by atoms with Gasteiger partial charge in [0, 0.05) is 49.0 Å². The summed E-state index contributed by atoms with van der Waals surface area (Å²) in [5, 5.41) is 17.5. The molecule has 3 aromatic carbocycles. The lowest BCUT2D eigenvalue weighted by Gasteiger charge is -2.29. The Morgan fingerprint density at radius 3 is 2.61 bits per heavy atom. The Morgan fingerprint density at radius 2 is 1.82 bits per heavy atom. The molecule has 0 spiro atoms. The monoisotopic (exact) mass is 534 g/mol. The van der Waals surface area contributed by atoms with Crippen LogP contribution in [0.4, 0.5) is 5.69 Å². The molecule has 0 fully saturated rings. The molecule has 3 unspecified atom stereocenters. The number of carbonyl (C=O) groups is 3. The van der Waals surface area contributed by atoms with Crippen LogP contribution in [0, 0.1) is 0 Å². The van der Waals surface area contributed by atoms with Crippen LogP contribution in [0.3, 0.4) is 0 Å². The van der Waals surface area contributed by atoms with Gasteiger partial charge in [-0.3, -0.25) is 14.4 Å². The maximum atomic E-state index is 13.2. The number of hydrogen-bond donors (Lipinski definition) is 4. The lowest BCUT2D eigenvalue weighted by atomic mass is 10.0. The van der Waals surface area contributed by atoms with Crippen LogP contribution in [0.15, 0.2) is 71.6 Å². The van der Waals surface area contributed by atoms with Gasteiger partial charge in [0.05, 0.1) is 11.8 Å². The molecule has 38 heavy (non-hydrogen) atoms. The summed E-state index contributed by atoms with van der Waals surface area (Å²) < 4.78 is 0. The van der Waals surface area contributed by atoms with E-state index in [1.807, 2.05) is 73.7 Å². The van der Waals surface area contributed by atoms with Gasteiger partial charge in [0.25, 0.3) is 0 Å². The van der Waals surface area contributed by atoms with Crippen molar-refractivity contribution >= 4 is 45.9 Å². The zero-order valence-corrected chi connectivity index (χ0v) is 22.2. The van der Waals surface area contributed by atoms with Gasteiger partial charge < -0.3 is 26.4 Å². The number of rotatable bonds is 10. The number of para-hydroxylation sites is 1. The quantitative estimate of drug-likeness (QED) is 0.317. The number of fused-ring (bicyclic) bond motifs is 2. The second-order valence-electron chi connectivity index (χ2n) is 9.52. The predicted octanol–water partition coefficient (Wildman–Crippen LogP) is 2.61. The molecule has 8 nitrogen and oxygen atoms in total. The molecule has 0 aromatic heterocycles. The molecule has 3 atom stereocenters. The minimum absolute atomic E-state index is 0.00738. The van der Waals surface area contributed by atoms with E-state index in [9.17, 15) is 19.5 Å². The van der Waals surface area contributed by atoms with Crippen LogP contribution in [-0.2, 0) is 20.8 Å². The molecule has 3 amide bonds. The van der Waals surface area contributed by atoms with Crippen molar-refractivity contribution in [2.45, 2.75) is 49.3 Å². The lowest BCUT2D eigenvalue weighted by molar-refractivity contribution is -0.129. The van der Waals surface area contributed by atoms with Crippen LogP contribution in [0.1, 0.15) is 25.3 Å². The van der Waals surface area contributed by atoms with Crippen LogP contribution in [0.25, 0.3) is 10.8 Å². The number of hydrogen-bond acceptors (Lipinski definition) is 6. The SMILES string of the molecule is CC(CC(=O)NC(Cc1ccc2ccccc2c1)C(=O)NCC(O)CN)N1C(=O)CCSc2ccccc21. The van der Waals surface area contributed by atoms with E-state index in [-0.39, 0.29) is 37.7 Å². The molecule has 1 heterocycles. The summed E-state index contributed by atoms with van der Waals surface area (Å²) in [6.07, 6.45) is -0.167. The Hall–Kier alpha value is -3.40. The van der Waals surface area contributed by atoms with Crippen molar-refractivity contribution in [2.75, 3.05) is 23.7 Å². The third-order valence-corrected chi connectivity index (χ3v) is 7.64. The van der Waals surface area contributed by atoms with Gasteiger partial charge in [-0.1, -0.05) is 54.6 Å². The average molecular weight is 535 g/mol. The van der Waals surface area contributed by atoms with Crippen LogP contribution in [0.5, 0.6) is 0 Å². The number of nitrogens with zero attached hydrogens (tertiary/aromatic N) is 1. The van der Waals surface area contributed by atoms with Crippen molar-refractivity contribution in [3.05, 3.63) is 72.3 Å². The molecule has 200 valence electrons. The zero-order valence-electron chi connectivity index (χ0n) is 21.4. The maximum absolute atomic E-state index is 13.2. The van der Waals surface area contributed by atoms with Crippen LogP contribution < -0.4 is 21.3 Å². The lowest BCUT2D eigenvalue weighted by Crippen LogP contribution is -2.51. The van der Waals surface area contributed by atoms with Crippen molar-refractivity contribution in [3.8, 4) is 0 Å². The Balaban J connectivity index is 1.49. The molecule has 1 aliphatic rings. The number of amides is 3. The van der Waals surface area contributed by atoms with Crippen molar-refractivity contribution in [3.63, 3.8) is 0 Å². The van der Waals surface area contributed by atoms with Crippen molar-refractivity contribution in [2.24, 2.45) is 5.73 Å². The summed E-state index contributed by atoms with van der Waals surface area (Å²) >= 11 is 1.63. The highest BCUT2D eigenvalue weighted by Gasteiger charge is 2.29. The zero-order chi connectivity index (χ0) is 27.1. The van der Waals surface area contributed by atoms with E-state index >= 15 is 0 Å². The first kappa shape index (κ1) is 27.6. The number of nitrogens with one attached hydrogen (secondary N) is 2. The average Bonchev–Trinajstić information content (AvgIpc) is 3.08. The standard InChI is InChI=1S/C29H34N4O4S/c1-19(33-25-8-4-5-9-26(25)38-13-12-28(33)36)14-27(35)32-24(29(37)31-18-23(34)17-30)16-20-10-11-21-6-2-3-7-22(21)15-20/h2-11,15,19,23-24,34H,12-14,16-18,30H2,1H3,(H,31,37)(H,32,35). The Bertz CT molecular complexity index is 1300. The third kappa shape index (κ3) is 6.92. The van der Waals surface area contributed by atoms with Gasteiger partial charge in [0.2, 0.25) is 17.7 Å². The normalized spacial score (nSPS) is 15.8. The molecule has 9 heteroatoms. The largest absolute Gasteiger partial charge is 0.390 e. The first-order valence-corrected chi connectivity index (χ1v) is 13.8. The smallest absolute Gasteiger partial charge is 0.243 e. The summed E-state index contributed by atoms with van der Waals surface area (Å²) in [6, 6.07) is 20.3. The Morgan fingerprint density at radius 1 is 1.08 bits per heavy atom. The van der Waals surface area contributed by atoms with Gasteiger partial charge in [-0.05, 0) is 35.4 Å². The second-order valence-corrected chi connectivity index (χ2v) is 10.7. The van der Waals surface area contributed by atoms with E-state index in [1.165, 1.54) is 0 Å². The topological polar surface area (TPSA) is 125 Å². The minimum atomic E-state index is -0.872. The number of carbonyl (C=O) groups excluding carboxylic acids is 3. The van der Waals surface area contributed by atoms with E-state index in [1.54, 1.807) is 16.7 Å². The van der Waals surface area contributed by atoms with E-state index in [4.69, 9.17) is 5.73 Å². The number of aliphatic hydroxyl groups excluding tert-OH is 1. The maximum Gasteiger partial charge on any atom is 0.243 e. The molecule has 0 saturated heterocycles. The van der Waals surface area contributed by atoms with Gasteiger partial charge in [0.15, 0.2) is 0 Å². The first-order valence-electron chi connectivity index (χ1n) is 12.8. The number of benzene rings is 3. The van der Waals surface area contributed by atoms with Gasteiger partial charge in [0.1, 0.15) is 6.04 Å². The molecule has 4 rings (SSSR count). The molecular weight excluding hydrogens is 500 g/mol. The molecule has 0 bridgehead atoms. The number of thioether (sulfide) groups is 1. The summed E-state index contributed by atoms with van der Waals surface area (Å²) in [4.78, 5) is 41.9. The third-order valence-electron chi connectivity index (χ3n) is 6.58. The fourth-order valence-corrected chi connectivity index (χ4v) is 5.60. The predicted molar refractivity (Wildman–Crippen MR) is 151 cm³/mol. The van der Waals surface area contributed by atoms with E-state index in [2.05, 4.69) is 10.6 Å². The summed E-state index contributed by atoms with van der Waals surface area (Å²) in [5.74, 6) is -0.0725. The first-order chi connectivity index (χ1) is 18.4. The van der Waals surface area contributed by atoms with E-state index in [0.717, 1.165) is 26.9 Å². The van der Waals surface area contributed by atoms with Gasteiger partial charge in [-0.25, -0.2) is 0 Å². The number of aliphatic hydroxyl groups is 1. The second kappa shape index (κ2) is 12.9. The summed E-state index contributed by atoms with van der Waals surface area (Å²) in [6.45, 7) is 1.86. The van der Waals surface area contributed by atoms with Crippen molar-refractivity contribution in [1.82, 2.24) is 10.6 Å². The highest BCUT2D eigenvalue weighted by molar-refractivity contribution is 7.99.